The summed E-state index contributed by atoms with van der Waals surface area (Å²) in [5.74, 6) is 0. The minimum Gasteiger partial charge on any atom is -0.326 e. The molecule has 0 spiro atoms. The molecule has 0 saturated heterocycles. The Balaban J connectivity index is 2.78. The molecule has 102 valence electrons. The predicted molar refractivity (Wildman–Crippen MR) is 81.7 cm³/mol. The smallest absolute Gasteiger partial charge is 0.0494 e. The van der Waals surface area contributed by atoms with Crippen molar-refractivity contribution in [3.8, 4) is 0 Å². The predicted octanol–water partition coefficient (Wildman–Crippen LogP) is 2.33. The van der Waals surface area contributed by atoms with Gasteiger partial charge in [0.15, 0.2) is 0 Å². The highest BCUT2D eigenvalue weighted by Crippen LogP contribution is 2.23. The first-order chi connectivity index (χ1) is 8.41. The molecule has 4 heteroatoms. The second-order valence-corrected chi connectivity index (χ2v) is 6.06. The Labute approximate surface area is 119 Å². The normalized spacial score (nSPS) is 15.1. The third kappa shape index (κ3) is 4.69. The third-order valence-electron chi connectivity index (χ3n) is 3.08. The molecule has 18 heavy (non-hydrogen) atoms. The van der Waals surface area contributed by atoms with Crippen LogP contribution in [-0.4, -0.2) is 50.1 Å². The average Bonchev–Trinajstić information content (AvgIpc) is 2.29. The van der Waals surface area contributed by atoms with Crippen LogP contribution >= 0.6 is 15.9 Å². The van der Waals surface area contributed by atoms with Crippen molar-refractivity contribution < 1.29 is 0 Å². The molecule has 1 aromatic carbocycles. The van der Waals surface area contributed by atoms with Crippen molar-refractivity contribution in [2.75, 3.05) is 34.2 Å². The van der Waals surface area contributed by atoms with Crippen LogP contribution in [0.4, 0.5) is 0 Å². The Kier molecular flexibility index (Phi) is 6.29. The van der Waals surface area contributed by atoms with Crippen molar-refractivity contribution in [2.45, 2.75) is 19.0 Å². The van der Waals surface area contributed by atoms with Gasteiger partial charge < -0.3 is 10.6 Å². The molecule has 0 aliphatic heterocycles. The van der Waals surface area contributed by atoms with E-state index in [-0.39, 0.29) is 12.1 Å². The molecule has 0 radical (unpaired) electrons. The third-order valence-corrected chi connectivity index (χ3v) is 3.61. The van der Waals surface area contributed by atoms with Gasteiger partial charge in [0.25, 0.3) is 0 Å². The molecule has 0 amide bonds. The molecule has 2 N–H and O–H groups in total. The van der Waals surface area contributed by atoms with E-state index in [9.17, 15) is 0 Å². The van der Waals surface area contributed by atoms with Crippen LogP contribution in [-0.2, 0) is 0 Å². The number of benzene rings is 1. The zero-order valence-electron chi connectivity index (χ0n) is 11.7. The number of likely N-dealkylation sites (N-methyl/N-ethyl adjacent to an activating group) is 2. The summed E-state index contributed by atoms with van der Waals surface area (Å²) < 4.78 is 1.10. The molecule has 0 bridgehead atoms. The van der Waals surface area contributed by atoms with Gasteiger partial charge in [0.2, 0.25) is 0 Å². The lowest BCUT2D eigenvalue weighted by atomic mass is 10.00. The van der Waals surface area contributed by atoms with Gasteiger partial charge in [-0.1, -0.05) is 28.1 Å². The molecule has 0 saturated carbocycles. The summed E-state index contributed by atoms with van der Waals surface area (Å²) in [4.78, 5) is 4.52. The largest absolute Gasteiger partial charge is 0.326 e. The Morgan fingerprint density at radius 3 is 2.11 bits per heavy atom. The molecule has 3 nitrogen and oxygen atoms in total. The minimum atomic E-state index is 0.110. The first-order valence-electron chi connectivity index (χ1n) is 6.28. The highest BCUT2D eigenvalue weighted by Gasteiger charge is 2.20. The van der Waals surface area contributed by atoms with Gasteiger partial charge >= 0.3 is 0 Å². The molecule has 0 aliphatic rings. The molecule has 2 atom stereocenters. The van der Waals surface area contributed by atoms with E-state index < -0.39 is 0 Å². The summed E-state index contributed by atoms with van der Waals surface area (Å²) in [5.41, 5.74) is 7.42. The van der Waals surface area contributed by atoms with E-state index in [2.05, 4.69) is 78.1 Å². The second-order valence-electron chi connectivity index (χ2n) is 5.14. The highest BCUT2D eigenvalue weighted by molar-refractivity contribution is 9.10. The number of nitrogens with zero attached hydrogens (tertiary/aromatic N) is 2. The van der Waals surface area contributed by atoms with E-state index in [1.165, 1.54) is 5.56 Å². The Morgan fingerprint density at radius 2 is 1.67 bits per heavy atom. The van der Waals surface area contributed by atoms with E-state index in [0.29, 0.717) is 0 Å². The van der Waals surface area contributed by atoms with E-state index >= 15 is 0 Å². The monoisotopic (exact) mass is 313 g/mol. The van der Waals surface area contributed by atoms with Gasteiger partial charge in [0.1, 0.15) is 0 Å². The van der Waals surface area contributed by atoms with Crippen LogP contribution in [0, 0.1) is 0 Å². The van der Waals surface area contributed by atoms with Gasteiger partial charge in [0, 0.05) is 29.6 Å². The zero-order valence-corrected chi connectivity index (χ0v) is 13.3. The van der Waals surface area contributed by atoms with Gasteiger partial charge in [-0.2, -0.15) is 0 Å². The second kappa shape index (κ2) is 7.24. The molecular formula is C14H24BrN3. The number of rotatable bonds is 6. The SMILES string of the molecule is CC(N)C(c1ccc(Br)cc1)N(C)CCN(C)C. The van der Waals surface area contributed by atoms with E-state index in [4.69, 9.17) is 5.73 Å². The summed E-state index contributed by atoms with van der Waals surface area (Å²) in [6, 6.07) is 8.81. The Bertz CT molecular complexity index is 349. The Morgan fingerprint density at radius 1 is 1.11 bits per heavy atom. The van der Waals surface area contributed by atoms with E-state index in [0.717, 1.165) is 17.6 Å². The van der Waals surface area contributed by atoms with Crippen molar-refractivity contribution >= 4 is 15.9 Å². The molecule has 0 aromatic heterocycles. The molecule has 1 aromatic rings. The summed E-state index contributed by atoms with van der Waals surface area (Å²) in [5, 5.41) is 0. The topological polar surface area (TPSA) is 32.5 Å². The molecular weight excluding hydrogens is 290 g/mol. The van der Waals surface area contributed by atoms with Crippen molar-refractivity contribution in [2.24, 2.45) is 5.73 Å². The molecule has 1 rings (SSSR count). The molecule has 0 heterocycles. The van der Waals surface area contributed by atoms with Crippen LogP contribution in [0.3, 0.4) is 0 Å². The molecule has 2 unspecified atom stereocenters. The fourth-order valence-corrected chi connectivity index (χ4v) is 2.38. The quantitative estimate of drug-likeness (QED) is 0.875. The van der Waals surface area contributed by atoms with Crippen LogP contribution in [0.15, 0.2) is 28.7 Å². The fourth-order valence-electron chi connectivity index (χ4n) is 2.12. The number of nitrogens with two attached hydrogens (primary N) is 1. The van der Waals surface area contributed by atoms with Gasteiger partial charge in [0.05, 0.1) is 0 Å². The highest BCUT2D eigenvalue weighted by atomic mass is 79.9. The lowest BCUT2D eigenvalue weighted by molar-refractivity contribution is 0.198. The van der Waals surface area contributed by atoms with Crippen LogP contribution < -0.4 is 5.73 Å². The van der Waals surface area contributed by atoms with E-state index in [1.807, 2.05) is 0 Å². The molecule has 0 fully saturated rings. The number of hydrogen-bond acceptors (Lipinski definition) is 3. The van der Waals surface area contributed by atoms with Crippen LogP contribution in [0.25, 0.3) is 0 Å². The van der Waals surface area contributed by atoms with Crippen LogP contribution in [0.5, 0.6) is 0 Å². The van der Waals surface area contributed by atoms with Gasteiger partial charge in [-0.05, 0) is 45.8 Å². The van der Waals surface area contributed by atoms with Crippen molar-refractivity contribution in [3.05, 3.63) is 34.3 Å². The zero-order chi connectivity index (χ0) is 13.7. The Hall–Kier alpha value is -0.420. The lowest BCUT2D eigenvalue weighted by Crippen LogP contribution is -2.40. The standard InChI is InChI=1S/C14H24BrN3/c1-11(16)14(18(4)10-9-17(2)3)12-5-7-13(15)8-6-12/h5-8,11,14H,9-10,16H2,1-4H3. The summed E-state index contributed by atoms with van der Waals surface area (Å²) >= 11 is 3.47. The minimum absolute atomic E-state index is 0.110. The summed E-state index contributed by atoms with van der Waals surface area (Å²) in [6.45, 7) is 4.12. The number of hydrogen-bond donors (Lipinski definition) is 1. The maximum Gasteiger partial charge on any atom is 0.0494 e. The summed E-state index contributed by atoms with van der Waals surface area (Å²) in [7, 11) is 6.32. The maximum absolute atomic E-state index is 6.15. The fraction of sp³-hybridized carbons (Fsp3) is 0.571. The van der Waals surface area contributed by atoms with Crippen molar-refractivity contribution in [1.29, 1.82) is 0 Å². The average molecular weight is 314 g/mol. The summed E-state index contributed by atoms with van der Waals surface area (Å²) in [6.07, 6.45) is 0. The van der Waals surface area contributed by atoms with Crippen molar-refractivity contribution in [1.82, 2.24) is 9.80 Å². The van der Waals surface area contributed by atoms with E-state index in [1.54, 1.807) is 0 Å². The lowest BCUT2D eigenvalue weighted by Gasteiger charge is -2.32. The first-order valence-corrected chi connectivity index (χ1v) is 7.07. The van der Waals surface area contributed by atoms with Crippen LogP contribution in [0.2, 0.25) is 0 Å². The number of halogens is 1. The molecule has 0 aliphatic carbocycles. The van der Waals surface area contributed by atoms with Gasteiger partial charge in [-0.3, -0.25) is 4.90 Å². The maximum atomic E-state index is 6.15. The van der Waals surface area contributed by atoms with Gasteiger partial charge in [-0.15, -0.1) is 0 Å². The van der Waals surface area contributed by atoms with Gasteiger partial charge in [-0.25, -0.2) is 0 Å². The van der Waals surface area contributed by atoms with Crippen LogP contribution in [0.1, 0.15) is 18.5 Å². The first kappa shape index (κ1) is 15.6. The van der Waals surface area contributed by atoms with Crippen molar-refractivity contribution in [3.63, 3.8) is 0 Å².